The number of aromatic hydroxyl groups is 1. The van der Waals surface area contributed by atoms with Gasteiger partial charge in [0.15, 0.2) is 0 Å². The van der Waals surface area contributed by atoms with Crippen molar-refractivity contribution in [2.45, 2.75) is 0 Å². The Labute approximate surface area is 238 Å². The molecular weight excluding hydrogens is 568 g/mol. The molecule has 0 saturated heterocycles. The summed E-state index contributed by atoms with van der Waals surface area (Å²) < 4.78 is 0. The van der Waals surface area contributed by atoms with Crippen LogP contribution < -0.4 is 0 Å². The SMILES string of the molecule is O=C(O)c1cc2c3cc(C(=O)O)c(C(=O)O)cc3c3cc(C(=O)O)c(C(=O)O)cc3c2cc1C(=O)O.Oc1ccccc1. The number of hydrogen-bond acceptors (Lipinski definition) is 7. The Morgan fingerprint density at radius 2 is 0.535 bits per heavy atom. The quantitative estimate of drug-likeness (QED) is 0.133. The molecule has 0 bridgehead atoms. The van der Waals surface area contributed by atoms with Crippen molar-refractivity contribution >= 4 is 68.1 Å². The predicted octanol–water partition coefficient (Wildman–Crippen LogP) is 4.73. The molecule has 0 atom stereocenters. The van der Waals surface area contributed by atoms with Gasteiger partial charge in [0.05, 0.1) is 33.4 Å². The highest BCUT2D eigenvalue weighted by Gasteiger charge is 2.25. The normalized spacial score (nSPS) is 10.6. The van der Waals surface area contributed by atoms with E-state index in [-0.39, 0.29) is 32.3 Å². The van der Waals surface area contributed by atoms with E-state index in [1.807, 2.05) is 6.07 Å². The summed E-state index contributed by atoms with van der Waals surface area (Å²) in [5.41, 5.74) is -3.94. The summed E-state index contributed by atoms with van der Waals surface area (Å²) in [6, 6.07) is 14.5. The Balaban J connectivity index is 0.000000530. The van der Waals surface area contributed by atoms with Crippen LogP contribution in [0, 0.1) is 0 Å². The van der Waals surface area contributed by atoms with Gasteiger partial charge in [-0.15, -0.1) is 0 Å². The van der Waals surface area contributed by atoms with Gasteiger partial charge in [0.25, 0.3) is 0 Å². The monoisotopic (exact) mass is 586 g/mol. The van der Waals surface area contributed by atoms with Crippen molar-refractivity contribution in [2.75, 3.05) is 0 Å². The second-order valence-electron chi connectivity index (χ2n) is 9.00. The largest absolute Gasteiger partial charge is 0.508 e. The molecule has 13 heteroatoms. The fourth-order valence-electron chi connectivity index (χ4n) is 4.63. The number of hydrogen-bond donors (Lipinski definition) is 7. The van der Waals surface area contributed by atoms with Crippen LogP contribution in [0.2, 0.25) is 0 Å². The molecule has 0 fully saturated rings. The summed E-state index contributed by atoms with van der Waals surface area (Å²) in [6.07, 6.45) is 0. The van der Waals surface area contributed by atoms with Crippen LogP contribution in [0.4, 0.5) is 0 Å². The lowest BCUT2D eigenvalue weighted by molar-refractivity contribution is 0.0651. The number of carboxylic acids is 6. The lowest BCUT2D eigenvalue weighted by atomic mass is 9.87. The zero-order valence-corrected chi connectivity index (χ0v) is 21.4. The van der Waals surface area contributed by atoms with Gasteiger partial charge in [-0.05, 0) is 80.8 Å². The number of carbonyl (C=O) groups is 6. The fraction of sp³-hybridized carbons (Fsp3) is 0. The van der Waals surface area contributed by atoms with Gasteiger partial charge in [-0.3, -0.25) is 0 Å². The summed E-state index contributed by atoms with van der Waals surface area (Å²) in [6.45, 7) is 0. The van der Waals surface area contributed by atoms with Gasteiger partial charge in [0.1, 0.15) is 5.75 Å². The molecule has 7 N–H and O–H groups in total. The van der Waals surface area contributed by atoms with E-state index < -0.39 is 69.2 Å². The molecule has 0 spiro atoms. The summed E-state index contributed by atoms with van der Waals surface area (Å²) in [5, 5.41) is 65.9. The van der Waals surface area contributed by atoms with E-state index in [1.54, 1.807) is 24.3 Å². The zero-order valence-electron chi connectivity index (χ0n) is 21.4. The van der Waals surface area contributed by atoms with Crippen LogP contribution in [0.1, 0.15) is 62.1 Å². The van der Waals surface area contributed by atoms with Crippen molar-refractivity contribution in [3.8, 4) is 5.75 Å². The van der Waals surface area contributed by atoms with E-state index in [1.165, 1.54) is 0 Å². The Hall–Kier alpha value is -6.50. The molecule has 0 aromatic heterocycles. The third-order valence-electron chi connectivity index (χ3n) is 6.48. The van der Waals surface area contributed by atoms with Gasteiger partial charge >= 0.3 is 35.8 Å². The third-order valence-corrected chi connectivity index (χ3v) is 6.48. The average molecular weight is 586 g/mol. The number of carboxylic acid groups (broad SMARTS) is 6. The number of phenols is 1. The Morgan fingerprint density at radius 3 is 0.651 bits per heavy atom. The molecule has 0 saturated carbocycles. The van der Waals surface area contributed by atoms with Crippen LogP contribution in [0.25, 0.3) is 32.3 Å². The highest BCUT2D eigenvalue weighted by molar-refractivity contribution is 6.29. The number of benzene rings is 5. The molecule has 0 aliphatic heterocycles. The van der Waals surface area contributed by atoms with E-state index in [4.69, 9.17) is 5.11 Å². The van der Waals surface area contributed by atoms with E-state index in [2.05, 4.69) is 0 Å². The highest BCUT2D eigenvalue weighted by Crippen LogP contribution is 2.39. The van der Waals surface area contributed by atoms with Crippen LogP contribution in [-0.4, -0.2) is 71.6 Å². The lowest BCUT2D eigenvalue weighted by Gasteiger charge is -2.16. The molecule has 43 heavy (non-hydrogen) atoms. The lowest BCUT2D eigenvalue weighted by Crippen LogP contribution is -2.11. The smallest absolute Gasteiger partial charge is 0.336 e. The van der Waals surface area contributed by atoms with Crippen LogP contribution in [0.3, 0.4) is 0 Å². The Kier molecular flexibility index (Phi) is 7.66. The van der Waals surface area contributed by atoms with Crippen molar-refractivity contribution in [1.29, 1.82) is 0 Å². The minimum atomic E-state index is -1.62. The number of phenolic OH excluding ortho intramolecular Hbond substituents is 1. The molecule has 5 aromatic rings. The molecule has 0 heterocycles. The first-order chi connectivity index (χ1) is 20.2. The Morgan fingerprint density at radius 1 is 0.349 bits per heavy atom. The van der Waals surface area contributed by atoms with Crippen molar-refractivity contribution in [3.05, 3.63) is 100 Å². The molecule has 216 valence electrons. The van der Waals surface area contributed by atoms with Crippen LogP contribution in [0.15, 0.2) is 66.7 Å². The van der Waals surface area contributed by atoms with Crippen LogP contribution in [0.5, 0.6) is 5.75 Å². The zero-order chi connectivity index (χ0) is 31.7. The molecule has 0 amide bonds. The van der Waals surface area contributed by atoms with Crippen molar-refractivity contribution in [1.82, 2.24) is 0 Å². The molecule has 13 nitrogen and oxygen atoms in total. The summed E-state index contributed by atoms with van der Waals surface area (Å²) in [7, 11) is 0. The van der Waals surface area contributed by atoms with Gasteiger partial charge in [-0.25, -0.2) is 28.8 Å². The van der Waals surface area contributed by atoms with Gasteiger partial charge < -0.3 is 35.7 Å². The second kappa shape index (κ2) is 11.2. The number of fused-ring (bicyclic) bond motifs is 6. The van der Waals surface area contributed by atoms with E-state index in [9.17, 15) is 59.4 Å². The topological polar surface area (TPSA) is 244 Å². The first kappa shape index (κ1) is 29.5. The van der Waals surface area contributed by atoms with E-state index in [0.717, 1.165) is 36.4 Å². The van der Waals surface area contributed by atoms with Gasteiger partial charge in [0.2, 0.25) is 0 Å². The fourth-order valence-corrected chi connectivity index (χ4v) is 4.63. The minimum Gasteiger partial charge on any atom is -0.508 e. The maximum Gasteiger partial charge on any atom is 0.336 e. The standard InChI is InChI=1S/C24H12O12.C6H6O/c25-19(26)13-1-7-8(2-14(13)20(27)28)10-4-17(23(33)34)18(24(35)36)6-12(10)11-5-16(22(31)32)15(21(29)30)3-9(7)11;7-6-4-2-1-3-5-6/h1-6H,(H,25,26)(H,27,28)(H,29,30)(H,31,32)(H,33,34)(H,35,36);1-5,7H. The molecular formula is C30H18O13. The van der Waals surface area contributed by atoms with Crippen LogP contribution in [-0.2, 0) is 0 Å². The molecule has 5 aromatic carbocycles. The average Bonchev–Trinajstić information content (AvgIpc) is 2.95. The summed E-state index contributed by atoms with van der Waals surface area (Å²) >= 11 is 0. The Bertz CT molecular complexity index is 1680. The third kappa shape index (κ3) is 5.45. The van der Waals surface area contributed by atoms with E-state index in [0.29, 0.717) is 5.75 Å². The van der Waals surface area contributed by atoms with Gasteiger partial charge in [-0.1, -0.05) is 18.2 Å². The maximum absolute atomic E-state index is 11.8. The van der Waals surface area contributed by atoms with Crippen molar-refractivity contribution in [3.63, 3.8) is 0 Å². The first-order valence-electron chi connectivity index (χ1n) is 11.9. The summed E-state index contributed by atoms with van der Waals surface area (Å²) in [5.74, 6) is -9.37. The second-order valence-corrected chi connectivity index (χ2v) is 9.00. The minimum absolute atomic E-state index is 0.0150. The van der Waals surface area contributed by atoms with Gasteiger partial charge in [0, 0.05) is 0 Å². The maximum atomic E-state index is 11.8. The molecule has 0 aliphatic rings. The number of rotatable bonds is 6. The first-order valence-corrected chi connectivity index (χ1v) is 11.9. The van der Waals surface area contributed by atoms with E-state index >= 15 is 0 Å². The molecule has 5 rings (SSSR count). The number of aromatic carboxylic acids is 6. The molecule has 0 radical (unpaired) electrons. The van der Waals surface area contributed by atoms with Crippen molar-refractivity contribution in [2.24, 2.45) is 0 Å². The van der Waals surface area contributed by atoms with Crippen LogP contribution >= 0.6 is 0 Å². The summed E-state index contributed by atoms with van der Waals surface area (Å²) in [4.78, 5) is 70.6. The predicted molar refractivity (Wildman–Crippen MR) is 149 cm³/mol. The molecule has 0 unspecified atom stereocenters. The highest BCUT2D eigenvalue weighted by atomic mass is 16.4. The molecule has 0 aliphatic carbocycles. The van der Waals surface area contributed by atoms with Gasteiger partial charge in [-0.2, -0.15) is 0 Å². The number of para-hydroxylation sites is 1. The van der Waals surface area contributed by atoms with Crippen molar-refractivity contribution < 1.29 is 64.5 Å².